The van der Waals surface area contributed by atoms with Gasteiger partial charge >= 0.3 is 0 Å². The third-order valence-electron chi connectivity index (χ3n) is 4.04. The lowest BCUT2D eigenvalue weighted by Crippen LogP contribution is -2.33. The number of rotatable bonds is 5. The minimum atomic E-state index is -0.104. The Kier molecular flexibility index (Phi) is 5.56. The van der Waals surface area contributed by atoms with Gasteiger partial charge in [-0.05, 0) is 12.8 Å². The van der Waals surface area contributed by atoms with Crippen molar-refractivity contribution in [2.24, 2.45) is 11.8 Å². The fourth-order valence-electron chi connectivity index (χ4n) is 2.85. The molecule has 1 aromatic heterocycles. The molecular formula is C16H29N5O. The first-order chi connectivity index (χ1) is 10.4. The van der Waals surface area contributed by atoms with Gasteiger partial charge in [0.1, 0.15) is 5.82 Å². The van der Waals surface area contributed by atoms with Crippen LogP contribution in [-0.4, -0.2) is 45.2 Å². The zero-order valence-corrected chi connectivity index (χ0v) is 14.5. The number of hydrogen-bond acceptors (Lipinski definition) is 4. The first-order valence-electron chi connectivity index (χ1n) is 8.33. The number of aromatic nitrogens is 3. The molecule has 1 amide bonds. The van der Waals surface area contributed by atoms with E-state index in [1.165, 1.54) is 0 Å². The molecule has 1 unspecified atom stereocenters. The molecule has 22 heavy (non-hydrogen) atoms. The van der Waals surface area contributed by atoms with Crippen molar-refractivity contribution < 1.29 is 4.79 Å². The first kappa shape index (κ1) is 16.9. The van der Waals surface area contributed by atoms with E-state index >= 15 is 0 Å². The summed E-state index contributed by atoms with van der Waals surface area (Å²) < 4.78 is 2.19. The molecule has 0 aromatic carbocycles. The largest absolute Gasteiger partial charge is 0.346 e. The third-order valence-corrected chi connectivity index (χ3v) is 4.04. The molecule has 0 fully saturated rings. The van der Waals surface area contributed by atoms with Gasteiger partial charge in [0.25, 0.3) is 0 Å². The molecule has 2 heterocycles. The summed E-state index contributed by atoms with van der Waals surface area (Å²) in [5.74, 6) is 2.62. The number of nitrogens with zero attached hydrogens (tertiary/aromatic N) is 4. The van der Waals surface area contributed by atoms with Crippen molar-refractivity contribution in [3.05, 3.63) is 11.6 Å². The normalized spacial score (nSPS) is 17.4. The SMILES string of the molecule is CC(C)CN1CCc2nnc(C(C)NC(=O)C(C)C)n2CC1. The first-order valence-corrected chi connectivity index (χ1v) is 8.33. The molecule has 1 aromatic rings. The second-order valence-electron chi connectivity index (χ2n) is 6.96. The smallest absolute Gasteiger partial charge is 0.223 e. The van der Waals surface area contributed by atoms with Crippen molar-refractivity contribution in [2.45, 2.75) is 53.6 Å². The van der Waals surface area contributed by atoms with E-state index < -0.39 is 0 Å². The number of amides is 1. The lowest BCUT2D eigenvalue weighted by Gasteiger charge is -2.22. The zero-order valence-electron chi connectivity index (χ0n) is 14.5. The van der Waals surface area contributed by atoms with E-state index in [2.05, 4.69) is 38.8 Å². The summed E-state index contributed by atoms with van der Waals surface area (Å²) >= 11 is 0. The van der Waals surface area contributed by atoms with Crippen LogP contribution >= 0.6 is 0 Å². The zero-order chi connectivity index (χ0) is 16.3. The maximum absolute atomic E-state index is 11.9. The average Bonchev–Trinajstić information content (AvgIpc) is 2.74. The monoisotopic (exact) mass is 307 g/mol. The lowest BCUT2D eigenvalue weighted by atomic mass is 10.2. The highest BCUT2D eigenvalue weighted by atomic mass is 16.1. The molecule has 0 saturated heterocycles. The topological polar surface area (TPSA) is 63.1 Å². The predicted octanol–water partition coefficient (Wildman–Crippen LogP) is 1.63. The molecule has 1 N–H and O–H groups in total. The molecule has 1 atom stereocenters. The Balaban J connectivity index is 2.06. The average molecular weight is 307 g/mol. The molecular weight excluding hydrogens is 278 g/mol. The van der Waals surface area contributed by atoms with Gasteiger partial charge < -0.3 is 14.8 Å². The van der Waals surface area contributed by atoms with Crippen molar-refractivity contribution in [3.63, 3.8) is 0 Å². The van der Waals surface area contributed by atoms with E-state index in [4.69, 9.17) is 0 Å². The highest BCUT2D eigenvalue weighted by Crippen LogP contribution is 2.16. The molecule has 124 valence electrons. The lowest BCUT2D eigenvalue weighted by molar-refractivity contribution is -0.124. The van der Waals surface area contributed by atoms with Crippen LogP contribution in [-0.2, 0) is 17.8 Å². The van der Waals surface area contributed by atoms with Crippen LogP contribution in [0.4, 0.5) is 0 Å². The number of carbonyl (C=O) groups excluding carboxylic acids is 1. The van der Waals surface area contributed by atoms with E-state index in [0.717, 1.165) is 44.2 Å². The van der Waals surface area contributed by atoms with Gasteiger partial charge in [0, 0.05) is 38.5 Å². The van der Waals surface area contributed by atoms with Gasteiger partial charge in [-0.25, -0.2) is 0 Å². The molecule has 0 bridgehead atoms. The Labute approximate surface area is 133 Å². The molecule has 0 radical (unpaired) electrons. The predicted molar refractivity (Wildman–Crippen MR) is 86.4 cm³/mol. The van der Waals surface area contributed by atoms with Crippen LogP contribution in [0.5, 0.6) is 0 Å². The fourth-order valence-corrected chi connectivity index (χ4v) is 2.85. The number of nitrogens with one attached hydrogen (secondary N) is 1. The summed E-state index contributed by atoms with van der Waals surface area (Å²) in [6.45, 7) is 14.3. The van der Waals surface area contributed by atoms with Gasteiger partial charge in [-0.3, -0.25) is 4.79 Å². The summed E-state index contributed by atoms with van der Waals surface area (Å²) in [6.07, 6.45) is 0.921. The molecule has 6 heteroatoms. The van der Waals surface area contributed by atoms with Crippen LogP contribution in [0, 0.1) is 11.8 Å². The molecule has 2 rings (SSSR count). The molecule has 1 aliphatic heterocycles. The van der Waals surface area contributed by atoms with Crippen LogP contribution < -0.4 is 5.32 Å². The van der Waals surface area contributed by atoms with E-state index in [-0.39, 0.29) is 17.9 Å². The number of fused-ring (bicyclic) bond motifs is 1. The van der Waals surface area contributed by atoms with Gasteiger partial charge in [0.2, 0.25) is 5.91 Å². The van der Waals surface area contributed by atoms with E-state index in [0.29, 0.717) is 5.92 Å². The van der Waals surface area contributed by atoms with Crippen molar-refractivity contribution in [2.75, 3.05) is 19.6 Å². The van der Waals surface area contributed by atoms with Crippen molar-refractivity contribution in [3.8, 4) is 0 Å². The Bertz CT molecular complexity index is 509. The Hall–Kier alpha value is -1.43. The Morgan fingerprint density at radius 1 is 1.14 bits per heavy atom. The van der Waals surface area contributed by atoms with Gasteiger partial charge in [-0.2, -0.15) is 0 Å². The van der Waals surface area contributed by atoms with Gasteiger partial charge in [0.05, 0.1) is 6.04 Å². The van der Waals surface area contributed by atoms with Crippen LogP contribution in [0.15, 0.2) is 0 Å². The molecule has 0 spiro atoms. The number of carbonyl (C=O) groups is 1. The highest BCUT2D eigenvalue weighted by Gasteiger charge is 2.23. The van der Waals surface area contributed by atoms with Crippen LogP contribution in [0.3, 0.4) is 0 Å². The fraction of sp³-hybridized carbons (Fsp3) is 0.812. The summed E-state index contributed by atoms with van der Waals surface area (Å²) in [7, 11) is 0. The second-order valence-corrected chi connectivity index (χ2v) is 6.96. The standard InChI is InChI=1S/C16H29N5O/c1-11(2)10-20-7-6-14-18-19-15(21(14)9-8-20)13(5)17-16(22)12(3)4/h11-13H,6-10H2,1-5H3,(H,17,22). The van der Waals surface area contributed by atoms with E-state index in [1.54, 1.807) is 0 Å². The molecule has 0 saturated carbocycles. The Morgan fingerprint density at radius 2 is 1.86 bits per heavy atom. The maximum Gasteiger partial charge on any atom is 0.223 e. The maximum atomic E-state index is 11.9. The minimum Gasteiger partial charge on any atom is -0.346 e. The van der Waals surface area contributed by atoms with Crippen molar-refractivity contribution in [1.82, 2.24) is 25.0 Å². The quantitative estimate of drug-likeness (QED) is 0.898. The summed E-state index contributed by atoms with van der Waals surface area (Å²) in [5.41, 5.74) is 0. The van der Waals surface area contributed by atoms with E-state index in [9.17, 15) is 4.79 Å². The summed E-state index contributed by atoms with van der Waals surface area (Å²) in [6, 6.07) is -0.104. The van der Waals surface area contributed by atoms with Crippen LogP contribution in [0.2, 0.25) is 0 Å². The Morgan fingerprint density at radius 3 is 2.50 bits per heavy atom. The van der Waals surface area contributed by atoms with Crippen molar-refractivity contribution >= 4 is 5.91 Å². The molecule has 6 nitrogen and oxygen atoms in total. The van der Waals surface area contributed by atoms with Crippen LogP contribution in [0.1, 0.15) is 52.3 Å². The van der Waals surface area contributed by atoms with Crippen molar-refractivity contribution in [1.29, 1.82) is 0 Å². The number of hydrogen-bond donors (Lipinski definition) is 1. The van der Waals surface area contributed by atoms with Gasteiger partial charge in [-0.1, -0.05) is 27.7 Å². The van der Waals surface area contributed by atoms with Gasteiger partial charge in [0.15, 0.2) is 5.82 Å². The van der Waals surface area contributed by atoms with E-state index in [1.807, 2.05) is 20.8 Å². The minimum absolute atomic E-state index is 0.0180. The summed E-state index contributed by atoms with van der Waals surface area (Å²) in [5, 5.41) is 11.7. The van der Waals surface area contributed by atoms with Gasteiger partial charge in [-0.15, -0.1) is 10.2 Å². The summed E-state index contributed by atoms with van der Waals surface area (Å²) in [4.78, 5) is 14.4. The molecule has 1 aliphatic rings. The third kappa shape index (κ3) is 4.06. The van der Waals surface area contributed by atoms with Crippen LogP contribution in [0.25, 0.3) is 0 Å². The second kappa shape index (κ2) is 7.22. The molecule has 0 aliphatic carbocycles. The highest BCUT2D eigenvalue weighted by molar-refractivity contribution is 5.78.